The van der Waals surface area contributed by atoms with Crippen molar-refractivity contribution in [2.45, 2.75) is 6.42 Å². The molecule has 2 heterocycles. The number of fused-ring (bicyclic) bond motifs is 1. The molecular formula is C14H12BrN3O4. The average molecular weight is 366 g/mol. The van der Waals surface area contributed by atoms with Crippen LogP contribution in [0.4, 0.5) is 5.69 Å². The fourth-order valence-corrected chi connectivity index (χ4v) is 2.74. The van der Waals surface area contributed by atoms with Gasteiger partial charge in [-0.15, -0.1) is 0 Å². The van der Waals surface area contributed by atoms with Gasteiger partial charge in [0.15, 0.2) is 0 Å². The minimum absolute atomic E-state index is 0.112. The molecule has 1 aliphatic rings. The van der Waals surface area contributed by atoms with E-state index in [1.165, 1.54) is 0 Å². The summed E-state index contributed by atoms with van der Waals surface area (Å²) in [6.07, 6.45) is 0.122. The molecule has 22 heavy (non-hydrogen) atoms. The van der Waals surface area contributed by atoms with Crippen LogP contribution in [0.25, 0.3) is 11.0 Å². The maximum absolute atomic E-state index is 12.3. The van der Waals surface area contributed by atoms with Crippen LogP contribution in [0.5, 0.6) is 0 Å². The van der Waals surface area contributed by atoms with Crippen molar-refractivity contribution in [2.24, 2.45) is 11.7 Å². The molecule has 8 heteroatoms. The fourth-order valence-electron chi connectivity index (χ4n) is 2.38. The normalized spacial score (nSPS) is 17.5. The van der Waals surface area contributed by atoms with Crippen molar-refractivity contribution in [1.29, 1.82) is 0 Å². The predicted octanol–water partition coefficient (Wildman–Crippen LogP) is 1.37. The number of nitrogens with one attached hydrogen (secondary N) is 2. The number of halogens is 1. The minimum atomic E-state index is -0.775. The molecular weight excluding hydrogens is 354 g/mol. The van der Waals surface area contributed by atoms with E-state index in [2.05, 4.69) is 26.6 Å². The lowest BCUT2D eigenvalue weighted by molar-refractivity contribution is -0.123. The largest absolute Gasteiger partial charge is 0.449 e. The summed E-state index contributed by atoms with van der Waals surface area (Å²) in [6, 6.07) is 5.14. The molecule has 0 bridgehead atoms. The van der Waals surface area contributed by atoms with Gasteiger partial charge in [-0.05, 0) is 18.2 Å². The second-order valence-corrected chi connectivity index (χ2v) is 5.92. The molecule has 2 aromatic rings. The van der Waals surface area contributed by atoms with Gasteiger partial charge < -0.3 is 20.8 Å². The molecule has 1 atom stereocenters. The number of carbonyl (C=O) groups is 3. The summed E-state index contributed by atoms with van der Waals surface area (Å²) < 4.78 is 6.18. The second kappa shape index (κ2) is 5.45. The summed E-state index contributed by atoms with van der Waals surface area (Å²) in [6.45, 7) is 0.274. The van der Waals surface area contributed by atoms with Gasteiger partial charge in [-0.3, -0.25) is 14.4 Å². The first-order valence-electron chi connectivity index (χ1n) is 6.55. The number of rotatable bonds is 3. The van der Waals surface area contributed by atoms with E-state index < -0.39 is 11.8 Å². The van der Waals surface area contributed by atoms with Crippen LogP contribution in [-0.2, 0) is 9.59 Å². The van der Waals surface area contributed by atoms with Gasteiger partial charge >= 0.3 is 0 Å². The van der Waals surface area contributed by atoms with Crippen LogP contribution in [0.2, 0.25) is 0 Å². The Bertz CT molecular complexity index is 799. The molecule has 4 N–H and O–H groups in total. The van der Waals surface area contributed by atoms with E-state index in [9.17, 15) is 14.4 Å². The van der Waals surface area contributed by atoms with Crippen LogP contribution in [0.3, 0.4) is 0 Å². The zero-order valence-electron chi connectivity index (χ0n) is 11.3. The van der Waals surface area contributed by atoms with Gasteiger partial charge in [0.2, 0.25) is 17.6 Å². The van der Waals surface area contributed by atoms with Crippen LogP contribution >= 0.6 is 15.9 Å². The third-order valence-electron chi connectivity index (χ3n) is 3.47. The highest BCUT2D eigenvalue weighted by Gasteiger charge is 2.30. The molecule has 1 fully saturated rings. The maximum atomic E-state index is 12.3. The van der Waals surface area contributed by atoms with Crippen LogP contribution in [-0.4, -0.2) is 24.3 Å². The molecule has 1 unspecified atom stereocenters. The fraction of sp³-hybridized carbons (Fsp3) is 0.214. The van der Waals surface area contributed by atoms with Gasteiger partial charge in [-0.25, -0.2) is 0 Å². The van der Waals surface area contributed by atoms with Crippen molar-refractivity contribution in [2.75, 3.05) is 11.9 Å². The summed E-state index contributed by atoms with van der Waals surface area (Å²) in [5.41, 5.74) is 5.97. The van der Waals surface area contributed by atoms with Gasteiger partial charge in [0.05, 0.1) is 5.92 Å². The molecule has 0 saturated carbocycles. The number of nitrogens with two attached hydrogens (primary N) is 1. The first-order valence-corrected chi connectivity index (χ1v) is 7.34. The number of hydrogen-bond donors (Lipinski definition) is 3. The third kappa shape index (κ3) is 2.57. The molecule has 1 aromatic carbocycles. The Balaban J connectivity index is 1.99. The lowest BCUT2D eigenvalue weighted by Crippen LogP contribution is -2.25. The van der Waals surface area contributed by atoms with E-state index in [0.717, 1.165) is 4.47 Å². The summed E-state index contributed by atoms with van der Waals surface area (Å²) in [5.74, 6) is -1.90. The van der Waals surface area contributed by atoms with Gasteiger partial charge in [0, 0.05) is 22.8 Å². The van der Waals surface area contributed by atoms with Crippen molar-refractivity contribution in [1.82, 2.24) is 5.32 Å². The van der Waals surface area contributed by atoms with Crippen LogP contribution in [0, 0.1) is 5.92 Å². The summed E-state index contributed by atoms with van der Waals surface area (Å²) >= 11 is 3.33. The smallest absolute Gasteiger partial charge is 0.286 e. The van der Waals surface area contributed by atoms with E-state index in [-0.39, 0.29) is 36.2 Å². The monoisotopic (exact) mass is 365 g/mol. The topological polar surface area (TPSA) is 114 Å². The highest BCUT2D eigenvalue weighted by molar-refractivity contribution is 9.10. The van der Waals surface area contributed by atoms with Crippen molar-refractivity contribution < 1.29 is 18.8 Å². The maximum Gasteiger partial charge on any atom is 0.286 e. The number of carbonyl (C=O) groups excluding carboxylic acids is 3. The number of amides is 3. The predicted molar refractivity (Wildman–Crippen MR) is 82.2 cm³/mol. The first kappa shape index (κ1) is 14.6. The van der Waals surface area contributed by atoms with Crippen molar-refractivity contribution in [3.63, 3.8) is 0 Å². The van der Waals surface area contributed by atoms with Crippen molar-refractivity contribution >= 4 is 50.3 Å². The van der Waals surface area contributed by atoms with E-state index in [1.54, 1.807) is 18.2 Å². The Kier molecular flexibility index (Phi) is 3.61. The Labute approximate surface area is 133 Å². The molecule has 3 rings (SSSR count). The highest BCUT2D eigenvalue weighted by Crippen LogP contribution is 2.33. The lowest BCUT2D eigenvalue weighted by Gasteiger charge is -2.08. The Hall–Kier alpha value is -2.35. The zero-order chi connectivity index (χ0) is 15.9. The standard InChI is InChI=1S/C14H12BrN3O4/c15-7-1-2-9-8(4-7)11(12(22-9)13(16)20)18-14(21)6-3-10(19)17-5-6/h1-2,4,6H,3,5H2,(H2,16,20)(H,17,19)(H,18,21). The number of furan rings is 1. The molecule has 1 aromatic heterocycles. The molecule has 0 spiro atoms. The van der Waals surface area contributed by atoms with Gasteiger partial charge in [-0.2, -0.15) is 0 Å². The highest BCUT2D eigenvalue weighted by atomic mass is 79.9. The average Bonchev–Trinajstić information content (AvgIpc) is 3.03. The molecule has 0 radical (unpaired) electrons. The molecule has 1 saturated heterocycles. The Morgan fingerprint density at radius 1 is 1.41 bits per heavy atom. The number of benzene rings is 1. The molecule has 7 nitrogen and oxygen atoms in total. The molecule has 114 valence electrons. The lowest BCUT2D eigenvalue weighted by atomic mass is 10.1. The summed E-state index contributed by atoms with van der Waals surface area (Å²) in [5, 5.41) is 5.81. The minimum Gasteiger partial charge on any atom is -0.449 e. The number of hydrogen-bond acceptors (Lipinski definition) is 4. The Morgan fingerprint density at radius 3 is 2.82 bits per heavy atom. The van der Waals surface area contributed by atoms with Crippen LogP contribution in [0.1, 0.15) is 17.0 Å². The Morgan fingerprint density at radius 2 is 2.18 bits per heavy atom. The first-order chi connectivity index (χ1) is 10.5. The van der Waals surface area contributed by atoms with Crippen molar-refractivity contribution in [3.8, 4) is 0 Å². The van der Waals surface area contributed by atoms with Crippen molar-refractivity contribution in [3.05, 3.63) is 28.4 Å². The molecule has 0 aliphatic carbocycles. The van der Waals surface area contributed by atoms with Crippen LogP contribution in [0.15, 0.2) is 27.1 Å². The summed E-state index contributed by atoms with van der Waals surface area (Å²) in [7, 11) is 0. The quantitative estimate of drug-likeness (QED) is 0.761. The van der Waals surface area contributed by atoms with E-state index >= 15 is 0 Å². The van der Waals surface area contributed by atoms with E-state index in [1.807, 2.05) is 0 Å². The van der Waals surface area contributed by atoms with E-state index in [0.29, 0.717) is 11.0 Å². The van der Waals surface area contributed by atoms with Gasteiger partial charge in [0.1, 0.15) is 11.3 Å². The second-order valence-electron chi connectivity index (χ2n) is 5.01. The molecule has 1 aliphatic heterocycles. The molecule has 3 amide bonds. The van der Waals surface area contributed by atoms with Crippen LogP contribution < -0.4 is 16.4 Å². The zero-order valence-corrected chi connectivity index (χ0v) is 12.9. The van der Waals surface area contributed by atoms with Gasteiger partial charge in [0.25, 0.3) is 5.91 Å². The summed E-state index contributed by atoms with van der Waals surface area (Å²) in [4.78, 5) is 35.0. The van der Waals surface area contributed by atoms with Gasteiger partial charge in [-0.1, -0.05) is 15.9 Å². The van der Waals surface area contributed by atoms with E-state index in [4.69, 9.17) is 10.2 Å². The number of anilines is 1. The number of primary amides is 1. The SMILES string of the molecule is NC(=O)c1oc2ccc(Br)cc2c1NC(=O)C1CNC(=O)C1. The third-order valence-corrected chi connectivity index (χ3v) is 3.96.